The van der Waals surface area contributed by atoms with Crippen molar-refractivity contribution in [3.63, 3.8) is 0 Å². The number of nitrogens with one attached hydrogen (secondary N) is 1. The van der Waals surface area contributed by atoms with Gasteiger partial charge in [0.05, 0.1) is 15.8 Å². The predicted octanol–water partition coefficient (Wildman–Crippen LogP) is 5.76. The zero-order chi connectivity index (χ0) is 25.8. The Labute approximate surface area is 206 Å². The van der Waals surface area contributed by atoms with Crippen LogP contribution in [0.2, 0.25) is 10.0 Å². The Hall–Kier alpha value is -2.85. The van der Waals surface area contributed by atoms with Gasteiger partial charge >= 0.3 is 12.1 Å². The zero-order valence-electron chi connectivity index (χ0n) is 18.1. The van der Waals surface area contributed by atoms with E-state index in [9.17, 15) is 32.3 Å². The van der Waals surface area contributed by atoms with E-state index in [2.05, 4.69) is 10.5 Å². The molecule has 0 bridgehead atoms. The predicted molar refractivity (Wildman–Crippen MR) is 119 cm³/mol. The topological polar surface area (TPSA) is 88.0 Å². The Morgan fingerprint density at radius 3 is 2.26 bits per heavy atom. The smallest absolute Gasteiger partial charge is 0.435 e. The monoisotopic (exact) mass is 532 g/mol. The largest absolute Gasteiger partial charge is 0.480 e. The molecule has 1 unspecified atom stereocenters. The Balaban J connectivity index is 1.61. The summed E-state index contributed by atoms with van der Waals surface area (Å²) >= 11 is 11.4. The molecule has 0 aromatic heterocycles. The minimum absolute atomic E-state index is 0.0602. The third kappa shape index (κ3) is 4.23. The van der Waals surface area contributed by atoms with Gasteiger partial charge in [0.2, 0.25) is 0 Å². The molecule has 2 aliphatic rings. The summed E-state index contributed by atoms with van der Waals surface area (Å²) in [5.74, 6) is -2.76. The molecular formula is C23H18Cl2F4N2O4. The summed E-state index contributed by atoms with van der Waals surface area (Å²) in [6.45, 7) is 1.57. The van der Waals surface area contributed by atoms with Crippen LogP contribution in [0, 0.1) is 12.7 Å². The molecule has 0 saturated heterocycles. The van der Waals surface area contributed by atoms with Crippen molar-refractivity contribution in [2.45, 2.75) is 49.9 Å². The van der Waals surface area contributed by atoms with E-state index in [1.807, 2.05) is 0 Å². The van der Waals surface area contributed by atoms with Crippen molar-refractivity contribution in [1.82, 2.24) is 5.32 Å². The van der Waals surface area contributed by atoms with Crippen molar-refractivity contribution in [2.75, 3.05) is 0 Å². The lowest BCUT2D eigenvalue weighted by atomic mass is 9.76. The second-order valence-electron chi connectivity index (χ2n) is 8.61. The summed E-state index contributed by atoms with van der Waals surface area (Å²) in [6, 6.07) is 5.84. The van der Waals surface area contributed by atoms with Gasteiger partial charge in [-0.15, -0.1) is 0 Å². The number of alkyl halides is 3. The molecule has 0 spiro atoms. The normalized spacial score (nSPS) is 21.1. The minimum atomic E-state index is -4.95. The van der Waals surface area contributed by atoms with Crippen LogP contribution in [0.3, 0.4) is 0 Å². The Morgan fingerprint density at radius 1 is 1.14 bits per heavy atom. The van der Waals surface area contributed by atoms with E-state index < -0.39 is 57.0 Å². The standard InChI is InChI=1S/C23H18Cl2F4N2O4/c1-11-7-12(3-4-14(11)19(32)30-21(20(33)34)5-2-6-21)17-10-22(35-31-17,23(27,28)29)13-8-15(24)18(26)16(25)9-13/h3-4,7-9H,2,5-6,10H2,1H3,(H,30,32)(H,33,34). The first-order valence-electron chi connectivity index (χ1n) is 10.4. The first-order valence-corrected chi connectivity index (χ1v) is 11.2. The van der Waals surface area contributed by atoms with Gasteiger partial charge in [-0.3, -0.25) is 4.79 Å². The van der Waals surface area contributed by atoms with E-state index in [0.717, 1.165) is 12.1 Å². The molecule has 1 saturated carbocycles. The Bertz CT molecular complexity index is 1240. The van der Waals surface area contributed by atoms with Gasteiger partial charge < -0.3 is 15.3 Å². The maximum absolute atomic E-state index is 14.2. The molecule has 35 heavy (non-hydrogen) atoms. The van der Waals surface area contributed by atoms with Gasteiger partial charge in [0, 0.05) is 17.5 Å². The van der Waals surface area contributed by atoms with Crippen molar-refractivity contribution in [3.05, 3.63) is 68.4 Å². The van der Waals surface area contributed by atoms with Crippen LogP contribution in [0.25, 0.3) is 0 Å². The number of aliphatic carboxylic acids is 1. The third-order valence-electron chi connectivity index (χ3n) is 6.41. The minimum Gasteiger partial charge on any atom is -0.480 e. The molecule has 1 atom stereocenters. The average molecular weight is 533 g/mol. The van der Waals surface area contributed by atoms with Gasteiger partial charge in [-0.1, -0.05) is 34.4 Å². The fourth-order valence-electron chi connectivity index (χ4n) is 4.15. The molecule has 1 amide bonds. The van der Waals surface area contributed by atoms with Gasteiger partial charge in [0.25, 0.3) is 11.5 Å². The fraction of sp³-hybridized carbons (Fsp3) is 0.348. The number of carbonyl (C=O) groups is 2. The van der Waals surface area contributed by atoms with Crippen LogP contribution >= 0.6 is 23.2 Å². The molecule has 6 nitrogen and oxygen atoms in total. The van der Waals surface area contributed by atoms with Crippen LogP contribution in [-0.2, 0) is 15.2 Å². The summed E-state index contributed by atoms with van der Waals surface area (Å²) in [5, 5.41) is 14.4. The van der Waals surface area contributed by atoms with Crippen molar-refractivity contribution in [3.8, 4) is 0 Å². The van der Waals surface area contributed by atoms with Crippen LogP contribution in [0.1, 0.15) is 52.7 Å². The van der Waals surface area contributed by atoms with E-state index >= 15 is 0 Å². The summed E-state index contributed by atoms with van der Waals surface area (Å²) < 4.78 is 56.4. The van der Waals surface area contributed by atoms with Crippen LogP contribution in [0.15, 0.2) is 35.5 Å². The molecule has 186 valence electrons. The summed E-state index contributed by atoms with van der Waals surface area (Å²) in [5.41, 5.74) is -3.97. The molecule has 1 aliphatic carbocycles. The number of rotatable bonds is 5. The SMILES string of the molecule is Cc1cc(C2=NOC(c3cc(Cl)c(F)c(Cl)c3)(C(F)(F)F)C2)ccc1C(=O)NC1(C(=O)O)CCC1. The number of carboxylic acids is 1. The second-order valence-corrected chi connectivity index (χ2v) is 9.42. The van der Waals surface area contributed by atoms with E-state index in [0.29, 0.717) is 24.8 Å². The first kappa shape index (κ1) is 25.2. The highest BCUT2D eigenvalue weighted by Gasteiger charge is 2.62. The number of benzene rings is 2. The van der Waals surface area contributed by atoms with Gasteiger partial charge in [-0.2, -0.15) is 13.2 Å². The van der Waals surface area contributed by atoms with Crippen molar-refractivity contribution in [2.24, 2.45) is 5.16 Å². The number of carbonyl (C=O) groups excluding carboxylic acids is 1. The summed E-state index contributed by atoms with van der Waals surface area (Å²) in [7, 11) is 0. The lowest BCUT2D eigenvalue weighted by molar-refractivity contribution is -0.275. The van der Waals surface area contributed by atoms with Gasteiger partial charge in [0.15, 0.2) is 5.82 Å². The van der Waals surface area contributed by atoms with E-state index in [1.165, 1.54) is 18.2 Å². The number of hydrogen-bond acceptors (Lipinski definition) is 4. The van der Waals surface area contributed by atoms with Crippen molar-refractivity contribution < 1.29 is 37.1 Å². The highest BCUT2D eigenvalue weighted by Crippen LogP contribution is 2.50. The maximum atomic E-state index is 14.2. The van der Waals surface area contributed by atoms with Gasteiger partial charge in [-0.25, -0.2) is 9.18 Å². The molecule has 0 radical (unpaired) electrons. The lowest BCUT2D eigenvalue weighted by Crippen LogP contribution is -2.59. The highest BCUT2D eigenvalue weighted by molar-refractivity contribution is 6.35. The molecule has 2 aromatic carbocycles. The third-order valence-corrected chi connectivity index (χ3v) is 6.96. The number of carboxylic acid groups (broad SMARTS) is 1. The molecular weight excluding hydrogens is 515 g/mol. The molecule has 4 rings (SSSR count). The number of nitrogens with zero attached hydrogens (tertiary/aromatic N) is 1. The summed E-state index contributed by atoms with van der Waals surface area (Å²) in [6.07, 6.45) is -4.39. The molecule has 1 aliphatic heterocycles. The molecule has 1 fully saturated rings. The number of oxime groups is 1. The van der Waals surface area contributed by atoms with Gasteiger partial charge in [0.1, 0.15) is 5.54 Å². The van der Waals surface area contributed by atoms with Crippen LogP contribution < -0.4 is 5.32 Å². The fourth-order valence-corrected chi connectivity index (χ4v) is 4.64. The van der Waals surface area contributed by atoms with Crippen LogP contribution in [0.4, 0.5) is 17.6 Å². The second kappa shape index (κ2) is 8.67. The Kier molecular flexibility index (Phi) is 6.25. The molecule has 1 heterocycles. The zero-order valence-corrected chi connectivity index (χ0v) is 19.6. The van der Waals surface area contributed by atoms with E-state index in [-0.39, 0.29) is 16.8 Å². The average Bonchev–Trinajstić information content (AvgIpc) is 3.20. The van der Waals surface area contributed by atoms with Crippen molar-refractivity contribution >= 4 is 40.8 Å². The van der Waals surface area contributed by atoms with Gasteiger partial charge in [-0.05, 0) is 61.6 Å². The molecule has 12 heteroatoms. The Morgan fingerprint density at radius 2 is 1.77 bits per heavy atom. The van der Waals surface area contributed by atoms with E-state index in [4.69, 9.17) is 28.0 Å². The van der Waals surface area contributed by atoms with E-state index in [1.54, 1.807) is 6.92 Å². The lowest BCUT2D eigenvalue weighted by Gasteiger charge is -2.38. The first-order chi connectivity index (χ1) is 16.3. The number of hydrogen-bond donors (Lipinski definition) is 2. The number of aryl methyl sites for hydroxylation is 1. The quantitative estimate of drug-likeness (QED) is 0.378. The van der Waals surface area contributed by atoms with Crippen LogP contribution in [-0.4, -0.2) is 34.4 Å². The molecule has 2 aromatic rings. The van der Waals surface area contributed by atoms with Crippen LogP contribution in [0.5, 0.6) is 0 Å². The molecule has 2 N–H and O–H groups in total. The van der Waals surface area contributed by atoms with Crippen molar-refractivity contribution in [1.29, 1.82) is 0 Å². The summed E-state index contributed by atoms with van der Waals surface area (Å²) in [4.78, 5) is 29.1. The number of halogens is 6. The maximum Gasteiger partial charge on any atom is 0.435 e. The number of amides is 1. The highest BCUT2D eigenvalue weighted by atomic mass is 35.5.